The van der Waals surface area contributed by atoms with Gasteiger partial charge in [-0.1, -0.05) is 0 Å². The van der Waals surface area contributed by atoms with E-state index >= 15 is 0 Å². The van der Waals surface area contributed by atoms with Gasteiger partial charge in [-0.3, -0.25) is 9.59 Å². The molecule has 0 unspecified atom stereocenters. The molecule has 3 heterocycles. The lowest BCUT2D eigenvalue weighted by Gasteiger charge is -2.27. The zero-order valence-corrected chi connectivity index (χ0v) is 11.0. The van der Waals surface area contributed by atoms with Crippen molar-refractivity contribution in [3.63, 3.8) is 0 Å². The van der Waals surface area contributed by atoms with E-state index in [1.165, 1.54) is 4.90 Å². The van der Waals surface area contributed by atoms with Gasteiger partial charge in [0.15, 0.2) is 11.5 Å². The van der Waals surface area contributed by atoms with Crippen molar-refractivity contribution in [2.24, 2.45) is 5.92 Å². The van der Waals surface area contributed by atoms with Crippen LogP contribution in [0.3, 0.4) is 0 Å². The highest BCUT2D eigenvalue weighted by Crippen LogP contribution is 2.17. The molecule has 1 N–H and O–H groups in total. The Bertz CT molecular complexity index is 596. The molecule has 2 bridgehead atoms. The average Bonchev–Trinajstić information content (AvgIpc) is 2.66. The largest absolute Gasteiger partial charge is 0.378 e. The van der Waals surface area contributed by atoms with Crippen LogP contribution in [0.15, 0.2) is 12.3 Å². The molecule has 2 amide bonds. The molecule has 0 saturated carbocycles. The molecule has 1 aromatic heterocycles. The van der Waals surface area contributed by atoms with Crippen LogP contribution in [0.2, 0.25) is 0 Å². The molecule has 2 saturated heterocycles. The van der Waals surface area contributed by atoms with Crippen LogP contribution in [-0.2, 0) is 9.53 Å². The van der Waals surface area contributed by atoms with E-state index in [0.717, 1.165) is 6.20 Å². The minimum absolute atomic E-state index is 0.125. The summed E-state index contributed by atoms with van der Waals surface area (Å²) in [4.78, 5) is 29.1. The van der Waals surface area contributed by atoms with Crippen LogP contribution in [0.1, 0.15) is 10.5 Å². The molecule has 0 aromatic carbocycles. The summed E-state index contributed by atoms with van der Waals surface area (Å²) in [6.07, 6.45) is 0.793. The molecule has 2 aliphatic rings. The van der Waals surface area contributed by atoms with Crippen LogP contribution in [0.25, 0.3) is 0 Å². The summed E-state index contributed by atoms with van der Waals surface area (Å²) in [5.74, 6) is -3.18. The fourth-order valence-corrected chi connectivity index (χ4v) is 2.52. The second-order valence-electron chi connectivity index (χ2n) is 5.13. The molecule has 0 radical (unpaired) electrons. The minimum atomic E-state index is -1.01. The van der Waals surface area contributed by atoms with E-state index in [4.69, 9.17) is 4.74 Å². The van der Waals surface area contributed by atoms with Gasteiger partial charge in [-0.25, -0.2) is 13.8 Å². The van der Waals surface area contributed by atoms with E-state index < -0.39 is 29.2 Å². The van der Waals surface area contributed by atoms with Crippen molar-refractivity contribution in [3.05, 3.63) is 29.6 Å². The molecular weight excluding hydrogens is 284 g/mol. The standard InChI is InChI=1S/C13H13F2N3O3/c14-8-1-10(15)11(16-2-8)13(20)18-3-7-5-21-6-9(4-18)17-12(7)19/h1-2,7,9H,3-6H2,(H,17,19)/t7-,9+/m1/s1. The van der Waals surface area contributed by atoms with Gasteiger partial charge in [0.2, 0.25) is 5.91 Å². The summed E-state index contributed by atoms with van der Waals surface area (Å²) >= 11 is 0. The first kappa shape index (κ1) is 13.9. The lowest BCUT2D eigenvalue weighted by atomic mass is 10.1. The number of halogens is 2. The number of hydrogen-bond donors (Lipinski definition) is 1. The minimum Gasteiger partial charge on any atom is -0.378 e. The van der Waals surface area contributed by atoms with Crippen LogP contribution in [0, 0.1) is 17.6 Å². The molecule has 6 nitrogen and oxygen atoms in total. The molecule has 0 aliphatic carbocycles. The number of nitrogens with one attached hydrogen (secondary N) is 1. The van der Waals surface area contributed by atoms with Gasteiger partial charge in [-0.15, -0.1) is 0 Å². The predicted octanol–water partition coefficient (Wildman–Crippen LogP) is -0.0532. The zero-order valence-electron chi connectivity index (χ0n) is 11.0. The molecular formula is C13H13F2N3O3. The van der Waals surface area contributed by atoms with Gasteiger partial charge in [0.1, 0.15) is 5.82 Å². The third-order valence-electron chi connectivity index (χ3n) is 3.53. The maximum absolute atomic E-state index is 13.7. The zero-order chi connectivity index (χ0) is 15.0. The number of hydrogen-bond acceptors (Lipinski definition) is 4. The average molecular weight is 297 g/mol. The quantitative estimate of drug-likeness (QED) is 0.789. The van der Waals surface area contributed by atoms with Crippen LogP contribution >= 0.6 is 0 Å². The summed E-state index contributed by atoms with van der Waals surface area (Å²) < 4.78 is 31.9. The van der Waals surface area contributed by atoms with E-state index in [2.05, 4.69) is 10.3 Å². The summed E-state index contributed by atoms with van der Waals surface area (Å²) in [7, 11) is 0. The molecule has 2 atom stereocenters. The Balaban J connectivity index is 1.86. The molecule has 8 heteroatoms. The van der Waals surface area contributed by atoms with Crippen molar-refractivity contribution >= 4 is 11.8 Å². The first-order chi connectivity index (χ1) is 10.0. The Morgan fingerprint density at radius 3 is 2.95 bits per heavy atom. The fourth-order valence-electron chi connectivity index (χ4n) is 2.52. The normalized spacial score (nSPS) is 25.2. The maximum atomic E-state index is 13.7. The van der Waals surface area contributed by atoms with Crippen molar-refractivity contribution in [1.82, 2.24) is 15.2 Å². The smallest absolute Gasteiger partial charge is 0.275 e. The molecule has 1 aromatic rings. The predicted molar refractivity (Wildman–Crippen MR) is 66.3 cm³/mol. The molecule has 2 aliphatic heterocycles. The number of carbonyl (C=O) groups is 2. The van der Waals surface area contributed by atoms with Crippen molar-refractivity contribution < 1.29 is 23.1 Å². The van der Waals surface area contributed by atoms with Crippen molar-refractivity contribution in [2.75, 3.05) is 26.3 Å². The van der Waals surface area contributed by atoms with Crippen LogP contribution in [-0.4, -0.2) is 54.0 Å². The number of amides is 2. The number of rotatable bonds is 1. The van der Waals surface area contributed by atoms with Crippen LogP contribution in [0.5, 0.6) is 0 Å². The van der Waals surface area contributed by atoms with Crippen LogP contribution < -0.4 is 5.32 Å². The highest BCUT2D eigenvalue weighted by atomic mass is 19.1. The SMILES string of the molecule is O=C1N[C@@H]2COC[C@H]1CN(C(=O)c1ncc(F)cc1F)C2. The van der Waals surface area contributed by atoms with Gasteiger partial charge >= 0.3 is 0 Å². The number of fused-ring (bicyclic) bond motifs is 3. The number of carbonyl (C=O) groups excluding carboxylic acids is 2. The monoisotopic (exact) mass is 297 g/mol. The third-order valence-corrected chi connectivity index (χ3v) is 3.53. The molecule has 112 valence electrons. The second-order valence-corrected chi connectivity index (χ2v) is 5.13. The summed E-state index contributed by atoms with van der Waals surface area (Å²) in [6, 6.07) is 0.281. The van der Waals surface area contributed by atoms with E-state index in [9.17, 15) is 18.4 Å². The van der Waals surface area contributed by atoms with Gasteiger partial charge < -0.3 is 15.0 Å². The Labute approximate surface area is 119 Å². The van der Waals surface area contributed by atoms with Crippen LogP contribution in [0.4, 0.5) is 8.78 Å². The Kier molecular flexibility index (Phi) is 3.54. The summed E-state index contributed by atoms with van der Waals surface area (Å²) in [5, 5.41) is 2.77. The Morgan fingerprint density at radius 1 is 1.38 bits per heavy atom. The summed E-state index contributed by atoms with van der Waals surface area (Å²) in [6.45, 7) is 0.843. The van der Waals surface area contributed by atoms with Gasteiger partial charge in [0, 0.05) is 19.2 Å². The van der Waals surface area contributed by atoms with Gasteiger partial charge in [-0.05, 0) is 0 Å². The second kappa shape index (κ2) is 5.36. The number of nitrogens with zero attached hydrogens (tertiary/aromatic N) is 2. The number of aromatic nitrogens is 1. The molecule has 0 spiro atoms. The highest BCUT2D eigenvalue weighted by Gasteiger charge is 2.36. The van der Waals surface area contributed by atoms with E-state index in [1.54, 1.807) is 0 Å². The van der Waals surface area contributed by atoms with E-state index in [0.29, 0.717) is 12.7 Å². The highest BCUT2D eigenvalue weighted by molar-refractivity contribution is 5.93. The van der Waals surface area contributed by atoms with Gasteiger partial charge in [0.25, 0.3) is 5.91 Å². The maximum Gasteiger partial charge on any atom is 0.275 e. The fraction of sp³-hybridized carbons (Fsp3) is 0.462. The number of ether oxygens (including phenoxy) is 1. The van der Waals surface area contributed by atoms with Crippen molar-refractivity contribution in [2.45, 2.75) is 6.04 Å². The first-order valence-electron chi connectivity index (χ1n) is 6.53. The molecule has 3 rings (SSSR count). The number of pyridine rings is 1. The van der Waals surface area contributed by atoms with Gasteiger partial charge in [0.05, 0.1) is 31.4 Å². The van der Waals surface area contributed by atoms with Crippen molar-refractivity contribution in [1.29, 1.82) is 0 Å². The Hall–Kier alpha value is -2.09. The van der Waals surface area contributed by atoms with Gasteiger partial charge in [-0.2, -0.15) is 0 Å². The molecule has 21 heavy (non-hydrogen) atoms. The lowest BCUT2D eigenvalue weighted by molar-refractivity contribution is -0.125. The molecule has 2 fully saturated rings. The van der Waals surface area contributed by atoms with E-state index in [-0.39, 0.29) is 31.6 Å². The topological polar surface area (TPSA) is 71.5 Å². The lowest BCUT2D eigenvalue weighted by Crippen LogP contribution is -2.44. The Morgan fingerprint density at radius 2 is 2.19 bits per heavy atom. The van der Waals surface area contributed by atoms with E-state index in [1.807, 2.05) is 0 Å². The third kappa shape index (κ3) is 2.71. The summed E-state index contributed by atoms with van der Waals surface area (Å²) in [5.41, 5.74) is -0.440. The van der Waals surface area contributed by atoms with Crippen molar-refractivity contribution in [3.8, 4) is 0 Å². The first-order valence-corrected chi connectivity index (χ1v) is 6.53.